The zero-order chi connectivity index (χ0) is 17.8. The van der Waals surface area contributed by atoms with Crippen molar-refractivity contribution in [1.29, 1.82) is 0 Å². The van der Waals surface area contributed by atoms with Gasteiger partial charge in [0.05, 0.1) is 30.2 Å². The molecule has 0 atom stereocenters. The zero-order valence-corrected chi connectivity index (χ0v) is 13.7. The highest BCUT2D eigenvalue weighted by molar-refractivity contribution is 5.91. The third-order valence-electron chi connectivity index (χ3n) is 4.16. The first-order chi connectivity index (χ1) is 12.1. The van der Waals surface area contributed by atoms with Gasteiger partial charge in [-0.2, -0.15) is 0 Å². The molecule has 1 aromatic rings. The van der Waals surface area contributed by atoms with Gasteiger partial charge in [-0.3, -0.25) is 5.32 Å². The van der Waals surface area contributed by atoms with Gasteiger partial charge in [-0.25, -0.2) is 4.79 Å². The normalized spacial score (nSPS) is 14.0. The number of hydrogen-bond acceptors (Lipinski definition) is 4. The molecule has 1 aliphatic heterocycles. The Morgan fingerprint density at radius 1 is 1.20 bits per heavy atom. The predicted octanol–water partition coefficient (Wildman–Crippen LogP) is 2.84. The van der Waals surface area contributed by atoms with Gasteiger partial charge in [-0.05, 0) is 23.3 Å². The van der Waals surface area contributed by atoms with Crippen molar-refractivity contribution in [2.45, 2.75) is 0 Å². The quantitative estimate of drug-likeness (QED) is 0.494. The maximum absolute atomic E-state index is 10.8. The highest BCUT2D eigenvalue weighted by Gasteiger charge is 2.15. The van der Waals surface area contributed by atoms with Crippen LogP contribution in [0.5, 0.6) is 0 Å². The van der Waals surface area contributed by atoms with Crippen molar-refractivity contribution in [1.82, 2.24) is 0 Å². The van der Waals surface area contributed by atoms with E-state index in [1.165, 1.54) is 11.1 Å². The lowest BCUT2D eigenvalue weighted by atomic mass is 9.95. The van der Waals surface area contributed by atoms with Crippen LogP contribution in [-0.2, 0) is 4.74 Å². The number of ether oxygens (including phenoxy) is 1. The molecule has 0 aromatic heterocycles. The molecular weight excluding hydrogens is 318 g/mol. The van der Waals surface area contributed by atoms with Crippen LogP contribution in [-0.4, -0.2) is 37.5 Å². The molecule has 0 saturated carbocycles. The number of anilines is 3. The second-order valence-electron chi connectivity index (χ2n) is 5.71. The lowest BCUT2D eigenvalue weighted by molar-refractivity contribution is 0.122. The molecule has 128 valence electrons. The van der Waals surface area contributed by atoms with Crippen LogP contribution in [0, 0.1) is 12.3 Å². The number of nitrogens with zero attached hydrogens (tertiary/aromatic N) is 1. The van der Waals surface area contributed by atoms with Gasteiger partial charge in [0.1, 0.15) is 0 Å². The largest absolute Gasteiger partial charge is 0.465 e. The smallest absolute Gasteiger partial charge is 0.409 e. The molecule has 6 heteroatoms. The predicted molar refractivity (Wildman–Crippen MR) is 98.9 cm³/mol. The summed E-state index contributed by atoms with van der Waals surface area (Å²) in [7, 11) is 0. The Bertz CT molecular complexity index is 798. The number of amides is 1. The summed E-state index contributed by atoms with van der Waals surface area (Å²) in [5.41, 5.74) is 10.6. The summed E-state index contributed by atoms with van der Waals surface area (Å²) in [5.74, 6) is 2.47. The van der Waals surface area contributed by atoms with Gasteiger partial charge in [0.15, 0.2) is 0 Å². The average Bonchev–Trinajstić information content (AvgIpc) is 2.60. The fraction of sp³-hybridized carbons (Fsp3) is 0.211. The summed E-state index contributed by atoms with van der Waals surface area (Å²) < 4.78 is 5.28. The van der Waals surface area contributed by atoms with Crippen molar-refractivity contribution in [2.24, 2.45) is 0 Å². The zero-order valence-electron chi connectivity index (χ0n) is 13.7. The Balaban J connectivity index is 0.000000250. The van der Waals surface area contributed by atoms with Gasteiger partial charge in [-0.15, -0.1) is 6.42 Å². The molecule has 4 rings (SSSR count). The highest BCUT2D eigenvalue weighted by Crippen LogP contribution is 2.30. The van der Waals surface area contributed by atoms with Crippen LogP contribution in [0.3, 0.4) is 0 Å². The van der Waals surface area contributed by atoms with E-state index >= 15 is 0 Å². The van der Waals surface area contributed by atoms with Crippen molar-refractivity contribution in [3.63, 3.8) is 0 Å². The molecule has 0 unspecified atom stereocenters. The van der Waals surface area contributed by atoms with Crippen LogP contribution in [0.1, 0.15) is 5.56 Å². The Morgan fingerprint density at radius 2 is 1.80 bits per heavy atom. The van der Waals surface area contributed by atoms with Crippen molar-refractivity contribution < 1.29 is 14.6 Å². The van der Waals surface area contributed by atoms with Gasteiger partial charge >= 0.3 is 6.09 Å². The molecule has 1 aromatic carbocycles. The minimum atomic E-state index is -1.17. The second-order valence-corrected chi connectivity index (χ2v) is 5.71. The van der Waals surface area contributed by atoms with E-state index in [-0.39, 0.29) is 5.69 Å². The summed E-state index contributed by atoms with van der Waals surface area (Å²) in [5, 5.41) is 11.1. The number of nitrogen functional groups attached to an aromatic ring is 1. The summed E-state index contributed by atoms with van der Waals surface area (Å²) >= 11 is 0. The topological polar surface area (TPSA) is 87.8 Å². The third-order valence-corrected chi connectivity index (χ3v) is 4.16. The Hall–Kier alpha value is -3.17. The van der Waals surface area contributed by atoms with E-state index in [9.17, 15) is 4.79 Å². The molecule has 6 nitrogen and oxygen atoms in total. The van der Waals surface area contributed by atoms with Crippen molar-refractivity contribution >= 4 is 23.2 Å². The van der Waals surface area contributed by atoms with Crippen molar-refractivity contribution in [2.75, 3.05) is 42.3 Å². The standard InChI is InChI=1S/C13H15N3O3.C6H4/c1-2-9-7-10(16-3-5-19-6-4-16)8-11(12(9)14)15-13(17)18;1-2-6-4-3-5(1)6/h1,7-8,15H,3-6,14H2,(H,17,18);1-4H. The van der Waals surface area contributed by atoms with E-state index in [1.807, 2.05) is 0 Å². The lowest BCUT2D eigenvalue weighted by Gasteiger charge is -2.29. The van der Waals surface area contributed by atoms with E-state index in [2.05, 4.69) is 40.4 Å². The fourth-order valence-electron chi connectivity index (χ4n) is 2.64. The van der Waals surface area contributed by atoms with Gasteiger partial charge in [0, 0.05) is 18.8 Å². The minimum Gasteiger partial charge on any atom is -0.465 e. The number of rotatable bonds is 2. The molecule has 0 spiro atoms. The van der Waals surface area contributed by atoms with E-state index in [0.29, 0.717) is 24.5 Å². The van der Waals surface area contributed by atoms with E-state index < -0.39 is 6.09 Å². The summed E-state index contributed by atoms with van der Waals surface area (Å²) in [6.07, 6.45) is 4.23. The number of nitrogens with one attached hydrogen (secondary N) is 1. The first kappa shape index (κ1) is 16.7. The number of carbonyl (C=O) groups is 1. The first-order valence-electron chi connectivity index (χ1n) is 7.91. The van der Waals surface area contributed by atoms with E-state index in [1.54, 1.807) is 12.1 Å². The Labute approximate surface area is 146 Å². The molecule has 25 heavy (non-hydrogen) atoms. The number of hydrogen-bond donors (Lipinski definition) is 3. The Morgan fingerprint density at radius 3 is 2.24 bits per heavy atom. The maximum atomic E-state index is 10.8. The van der Waals surface area contributed by atoms with Crippen molar-refractivity contribution in [3.8, 4) is 23.5 Å². The van der Waals surface area contributed by atoms with Crippen LogP contribution in [0.15, 0.2) is 36.4 Å². The number of morpholine rings is 1. The number of carboxylic acid groups (broad SMARTS) is 1. The van der Waals surface area contributed by atoms with Crippen LogP contribution in [0.2, 0.25) is 0 Å². The minimum absolute atomic E-state index is 0.266. The SMILES string of the molecule is C#Cc1cc(N2CCOCC2)cc(NC(=O)O)c1N.c1cc2ccc1-2. The maximum Gasteiger partial charge on any atom is 0.409 e. The van der Waals surface area contributed by atoms with E-state index in [0.717, 1.165) is 18.8 Å². The number of terminal acetylenes is 1. The van der Waals surface area contributed by atoms with Gasteiger partial charge in [0.25, 0.3) is 0 Å². The molecule has 1 heterocycles. The molecule has 1 amide bonds. The van der Waals surface area contributed by atoms with Gasteiger partial charge in [0.2, 0.25) is 0 Å². The Kier molecular flexibility index (Phi) is 4.78. The van der Waals surface area contributed by atoms with Crippen LogP contribution < -0.4 is 16.0 Å². The number of nitrogens with two attached hydrogens (primary N) is 1. The second kappa shape index (κ2) is 7.16. The van der Waals surface area contributed by atoms with Crippen LogP contribution in [0.4, 0.5) is 21.9 Å². The molecule has 4 N–H and O–H groups in total. The summed E-state index contributed by atoms with van der Waals surface area (Å²) in [6, 6.07) is 12.0. The lowest BCUT2D eigenvalue weighted by Crippen LogP contribution is -2.36. The monoisotopic (exact) mass is 337 g/mol. The molecular formula is C19H19N3O3. The molecule has 3 aliphatic rings. The van der Waals surface area contributed by atoms with Crippen LogP contribution in [0.25, 0.3) is 11.1 Å². The molecule has 0 bridgehead atoms. The fourth-order valence-corrected chi connectivity index (χ4v) is 2.64. The van der Waals surface area contributed by atoms with Crippen LogP contribution >= 0.6 is 0 Å². The molecule has 2 aliphatic carbocycles. The highest BCUT2D eigenvalue weighted by atomic mass is 16.5. The van der Waals surface area contributed by atoms with Crippen molar-refractivity contribution in [3.05, 3.63) is 42.0 Å². The average molecular weight is 337 g/mol. The third kappa shape index (κ3) is 3.67. The molecule has 1 saturated heterocycles. The molecule has 1 fully saturated rings. The van der Waals surface area contributed by atoms with Gasteiger partial charge in [-0.1, -0.05) is 30.2 Å². The summed E-state index contributed by atoms with van der Waals surface area (Å²) in [4.78, 5) is 12.8. The summed E-state index contributed by atoms with van der Waals surface area (Å²) in [6.45, 7) is 2.75. The molecule has 0 radical (unpaired) electrons. The number of fused-ring (bicyclic) bond motifs is 1. The first-order valence-corrected chi connectivity index (χ1v) is 7.91. The van der Waals surface area contributed by atoms with Gasteiger partial charge < -0.3 is 20.5 Å². The number of benzene rings is 2. The van der Waals surface area contributed by atoms with E-state index in [4.69, 9.17) is 22.0 Å².